The van der Waals surface area contributed by atoms with Gasteiger partial charge < -0.3 is 14.2 Å². The van der Waals surface area contributed by atoms with Gasteiger partial charge in [-0.15, -0.1) is 0 Å². The number of hydrogen-bond acceptors (Lipinski definition) is 5. The monoisotopic (exact) mass is 238 g/mol. The highest BCUT2D eigenvalue weighted by Crippen LogP contribution is 2.31. The van der Waals surface area contributed by atoms with Gasteiger partial charge in [-0.05, 0) is 17.7 Å². The second kappa shape index (κ2) is 5.35. The van der Waals surface area contributed by atoms with Crippen molar-refractivity contribution < 1.29 is 14.2 Å². The minimum atomic E-state index is -0.00597. The smallest absolute Gasteiger partial charge is 0.161 e. The molecule has 5 nitrogen and oxygen atoms in total. The Bertz CT molecular complexity index is 384. The Kier molecular flexibility index (Phi) is 3.83. The molecule has 1 atom stereocenters. The average Bonchev–Trinajstić information content (AvgIpc) is 2.38. The van der Waals surface area contributed by atoms with E-state index < -0.39 is 0 Å². The van der Waals surface area contributed by atoms with Crippen LogP contribution in [0.25, 0.3) is 0 Å². The SMILES string of the molecule is COc1ccc(C2CN(N)CCO2)cc1OC. The largest absolute Gasteiger partial charge is 0.493 e. The molecule has 0 aromatic heterocycles. The van der Waals surface area contributed by atoms with E-state index in [1.807, 2.05) is 18.2 Å². The number of methoxy groups -OCH3 is 2. The highest BCUT2D eigenvalue weighted by molar-refractivity contribution is 5.43. The Morgan fingerprint density at radius 3 is 2.71 bits per heavy atom. The van der Waals surface area contributed by atoms with Crippen LogP contribution in [0.1, 0.15) is 11.7 Å². The summed E-state index contributed by atoms with van der Waals surface area (Å²) in [7, 11) is 3.24. The van der Waals surface area contributed by atoms with Crippen molar-refractivity contribution in [2.45, 2.75) is 6.10 Å². The molecule has 1 heterocycles. The van der Waals surface area contributed by atoms with Crippen LogP contribution in [0.5, 0.6) is 11.5 Å². The van der Waals surface area contributed by atoms with Crippen LogP contribution in [-0.4, -0.2) is 38.9 Å². The van der Waals surface area contributed by atoms with Gasteiger partial charge >= 0.3 is 0 Å². The van der Waals surface area contributed by atoms with Crippen LogP contribution in [0.15, 0.2) is 18.2 Å². The molecule has 0 saturated carbocycles. The highest BCUT2D eigenvalue weighted by Gasteiger charge is 2.21. The summed E-state index contributed by atoms with van der Waals surface area (Å²) in [5.74, 6) is 7.22. The third-order valence-electron chi connectivity index (χ3n) is 2.88. The number of ether oxygens (including phenoxy) is 3. The highest BCUT2D eigenvalue weighted by atomic mass is 16.5. The molecule has 1 aromatic carbocycles. The maximum atomic E-state index is 5.79. The van der Waals surface area contributed by atoms with Gasteiger partial charge in [-0.25, -0.2) is 5.01 Å². The standard InChI is InChI=1S/C12H18N2O3/c1-15-10-4-3-9(7-11(10)16-2)12-8-14(13)5-6-17-12/h3-4,7,12H,5-6,8,13H2,1-2H3. The van der Waals surface area contributed by atoms with Crippen LogP contribution in [0, 0.1) is 0 Å². The van der Waals surface area contributed by atoms with Crippen molar-refractivity contribution in [2.75, 3.05) is 33.9 Å². The summed E-state index contributed by atoms with van der Waals surface area (Å²) in [6.45, 7) is 2.11. The molecule has 0 radical (unpaired) electrons. The van der Waals surface area contributed by atoms with Crippen molar-refractivity contribution in [3.8, 4) is 11.5 Å². The van der Waals surface area contributed by atoms with Crippen LogP contribution < -0.4 is 15.3 Å². The topological polar surface area (TPSA) is 57.0 Å². The lowest BCUT2D eigenvalue weighted by Crippen LogP contribution is -2.42. The molecule has 2 rings (SSSR count). The molecule has 0 aliphatic carbocycles. The second-order valence-corrected chi connectivity index (χ2v) is 3.97. The molecule has 0 amide bonds. The number of hydrazine groups is 1. The van der Waals surface area contributed by atoms with Gasteiger partial charge in [0.2, 0.25) is 0 Å². The second-order valence-electron chi connectivity index (χ2n) is 3.97. The third kappa shape index (κ3) is 2.69. The Morgan fingerprint density at radius 2 is 2.06 bits per heavy atom. The molecule has 17 heavy (non-hydrogen) atoms. The summed E-state index contributed by atoms with van der Waals surface area (Å²) in [6, 6.07) is 5.79. The Labute approximate surface area is 101 Å². The van der Waals surface area contributed by atoms with E-state index in [0.717, 1.165) is 17.9 Å². The van der Waals surface area contributed by atoms with E-state index in [2.05, 4.69) is 0 Å². The molecule has 1 aliphatic heterocycles. The summed E-state index contributed by atoms with van der Waals surface area (Å²) >= 11 is 0. The van der Waals surface area contributed by atoms with E-state index in [1.54, 1.807) is 19.2 Å². The number of nitrogens with zero attached hydrogens (tertiary/aromatic N) is 1. The number of rotatable bonds is 3. The molecule has 2 N–H and O–H groups in total. The summed E-state index contributed by atoms with van der Waals surface area (Å²) in [5, 5.41) is 1.77. The fraction of sp³-hybridized carbons (Fsp3) is 0.500. The van der Waals surface area contributed by atoms with Gasteiger partial charge in [0.1, 0.15) is 0 Å². The fourth-order valence-corrected chi connectivity index (χ4v) is 1.92. The van der Waals surface area contributed by atoms with Gasteiger partial charge in [-0.3, -0.25) is 5.84 Å². The van der Waals surface area contributed by atoms with E-state index in [1.165, 1.54) is 0 Å². The maximum Gasteiger partial charge on any atom is 0.161 e. The molecular weight excluding hydrogens is 220 g/mol. The van der Waals surface area contributed by atoms with Gasteiger partial charge in [0.25, 0.3) is 0 Å². The fourth-order valence-electron chi connectivity index (χ4n) is 1.92. The Hall–Kier alpha value is -1.30. The van der Waals surface area contributed by atoms with Crippen molar-refractivity contribution in [3.63, 3.8) is 0 Å². The normalized spacial score (nSPS) is 21.2. The van der Waals surface area contributed by atoms with Crippen molar-refractivity contribution in [1.82, 2.24) is 5.01 Å². The lowest BCUT2D eigenvalue weighted by Gasteiger charge is -2.30. The van der Waals surface area contributed by atoms with Crippen LogP contribution in [0.2, 0.25) is 0 Å². The van der Waals surface area contributed by atoms with Crippen LogP contribution in [0.4, 0.5) is 0 Å². The molecule has 1 aromatic rings. The minimum absolute atomic E-state index is 0.00597. The van der Waals surface area contributed by atoms with E-state index >= 15 is 0 Å². The Morgan fingerprint density at radius 1 is 1.29 bits per heavy atom. The predicted octanol–water partition coefficient (Wildman–Crippen LogP) is 0.951. The van der Waals surface area contributed by atoms with Crippen molar-refractivity contribution in [1.29, 1.82) is 0 Å². The van der Waals surface area contributed by atoms with Gasteiger partial charge in [0.15, 0.2) is 11.5 Å². The van der Waals surface area contributed by atoms with Crippen molar-refractivity contribution in [3.05, 3.63) is 23.8 Å². The van der Waals surface area contributed by atoms with Crippen molar-refractivity contribution in [2.24, 2.45) is 5.84 Å². The van der Waals surface area contributed by atoms with E-state index in [-0.39, 0.29) is 6.10 Å². The first-order chi connectivity index (χ1) is 8.24. The number of morpholine rings is 1. The van der Waals surface area contributed by atoms with E-state index in [9.17, 15) is 0 Å². The van der Waals surface area contributed by atoms with E-state index in [4.69, 9.17) is 20.1 Å². The van der Waals surface area contributed by atoms with Crippen LogP contribution in [-0.2, 0) is 4.74 Å². The molecule has 0 bridgehead atoms. The van der Waals surface area contributed by atoms with Gasteiger partial charge in [0.05, 0.1) is 26.9 Å². The number of hydrogen-bond donors (Lipinski definition) is 1. The third-order valence-corrected chi connectivity index (χ3v) is 2.88. The van der Waals surface area contributed by atoms with E-state index in [0.29, 0.717) is 18.9 Å². The molecule has 1 fully saturated rings. The Balaban J connectivity index is 2.20. The zero-order valence-corrected chi connectivity index (χ0v) is 10.2. The summed E-state index contributed by atoms with van der Waals surface area (Å²) in [4.78, 5) is 0. The maximum absolute atomic E-state index is 5.79. The zero-order valence-electron chi connectivity index (χ0n) is 10.2. The van der Waals surface area contributed by atoms with Crippen LogP contribution >= 0.6 is 0 Å². The lowest BCUT2D eigenvalue weighted by atomic mass is 10.1. The summed E-state index contributed by atoms with van der Waals surface area (Å²) < 4.78 is 16.2. The first-order valence-electron chi connectivity index (χ1n) is 5.57. The zero-order chi connectivity index (χ0) is 12.3. The lowest BCUT2D eigenvalue weighted by molar-refractivity contribution is -0.0305. The molecule has 1 unspecified atom stereocenters. The van der Waals surface area contributed by atoms with Crippen molar-refractivity contribution >= 4 is 0 Å². The van der Waals surface area contributed by atoms with Gasteiger partial charge in [0, 0.05) is 13.1 Å². The summed E-state index contributed by atoms with van der Waals surface area (Å²) in [5.41, 5.74) is 1.05. The molecule has 94 valence electrons. The van der Waals surface area contributed by atoms with Crippen LogP contribution in [0.3, 0.4) is 0 Å². The predicted molar refractivity (Wildman–Crippen MR) is 64.0 cm³/mol. The molecule has 0 spiro atoms. The van der Waals surface area contributed by atoms with Gasteiger partial charge in [-0.1, -0.05) is 6.07 Å². The van der Waals surface area contributed by atoms with Gasteiger partial charge in [-0.2, -0.15) is 0 Å². The first-order valence-corrected chi connectivity index (χ1v) is 5.57. The number of benzene rings is 1. The molecule has 1 aliphatic rings. The minimum Gasteiger partial charge on any atom is -0.493 e. The summed E-state index contributed by atoms with van der Waals surface area (Å²) in [6.07, 6.45) is -0.00597. The molecular formula is C12H18N2O3. The molecule has 1 saturated heterocycles. The average molecular weight is 238 g/mol. The molecule has 5 heteroatoms. The quantitative estimate of drug-likeness (QED) is 0.795. The first kappa shape index (κ1) is 12.2. The number of nitrogens with two attached hydrogens (primary N) is 1.